The summed E-state index contributed by atoms with van der Waals surface area (Å²) in [6.45, 7) is 7.10. The number of hydrogen-bond donors (Lipinski definition) is 3. The number of rotatable bonds is 9. The zero-order valence-corrected chi connectivity index (χ0v) is 23.4. The number of urea groups is 1. The van der Waals surface area contributed by atoms with E-state index in [9.17, 15) is 18.0 Å². The fourth-order valence-corrected chi connectivity index (χ4v) is 6.43. The van der Waals surface area contributed by atoms with Crippen molar-refractivity contribution in [2.24, 2.45) is 0 Å². The number of fused-ring (bicyclic) bond motifs is 1. The van der Waals surface area contributed by atoms with Gasteiger partial charge in [0.2, 0.25) is 0 Å². The van der Waals surface area contributed by atoms with Gasteiger partial charge in [-0.25, -0.2) is 27.9 Å². The molecule has 0 radical (unpaired) electrons. The Labute approximate surface area is 235 Å². The summed E-state index contributed by atoms with van der Waals surface area (Å²) in [5.74, 6) is 0.303. The van der Waals surface area contributed by atoms with Crippen molar-refractivity contribution in [1.82, 2.24) is 24.2 Å². The summed E-state index contributed by atoms with van der Waals surface area (Å²) >= 11 is 1.06. The number of hydrogen-bond acceptors (Lipinski definition) is 10. The van der Waals surface area contributed by atoms with Gasteiger partial charge in [0.05, 0.1) is 36.0 Å². The van der Waals surface area contributed by atoms with Crippen LogP contribution in [0.2, 0.25) is 0 Å². The molecule has 5 rings (SSSR count). The molecule has 4 heterocycles. The monoisotopic (exact) mass is 583 g/mol. The van der Waals surface area contributed by atoms with Gasteiger partial charge in [0.1, 0.15) is 16.4 Å². The summed E-state index contributed by atoms with van der Waals surface area (Å²) < 4.78 is 33.4. The molecule has 0 unspecified atom stereocenters. The Morgan fingerprint density at radius 2 is 1.88 bits per heavy atom. The van der Waals surface area contributed by atoms with Crippen LogP contribution in [0.4, 0.5) is 16.2 Å². The van der Waals surface area contributed by atoms with Gasteiger partial charge < -0.3 is 15.4 Å². The van der Waals surface area contributed by atoms with E-state index in [1.54, 1.807) is 19.1 Å². The molecule has 1 aromatic carbocycles. The highest BCUT2D eigenvalue weighted by Gasteiger charge is 2.19. The molecule has 12 nitrogen and oxygen atoms in total. The van der Waals surface area contributed by atoms with E-state index in [4.69, 9.17) is 4.74 Å². The first-order chi connectivity index (χ1) is 19.3. The number of ether oxygens (including phenoxy) is 1. The van der Waals surface area contributed by atoms with E-state index in [1.165, 1.54) is 35.3 Å². The van der Waals surface area contributed by atoms with Gasteiger partial charge in [-0.2, -0.15) is 0 Å². The van der Waals surface area contributed by atoms with E-state index in [-0.39, 0.29) is 15.5 Å². The van der Waals surface area contributed by atoms with Crippen molar-refractivity contribution >= 4 is 49.7 Å². The van der Waals surface area contributed by atoms with Crippen LogP contribution in [0.3, 0.4) is 0 Å². The summed E-state index contributed by atoms with van der Waals surface area (Å²) in [6, 6.07) is 10.7. The number of pyridine rings is 1. The van der Waals surface area contributed by atoms with E-state index in [0.29, 0.717) is 16.7 Å². The van der Waals surface area contributed by atoms with Crippen LogP contribution in [0, 0.1) is 6.92 Å². The smallest absolute Gasteiger partial charge is 0.333 e. The van der Waals surface area contributed by atoms with E-state index in [1.807, 2.05) is 16.9 Å². The Morgan fingerprint density at radius 1 is 1.07 bits per heavy atom. The Balaban J connectivity index is 1.20. The van der Waals surface area contributed by atoms with Crippen LogP contribution >= 0.6 is 11.3 Å². The molecule has 1 aliphatic rings. The first-order valence-corrected chi connectivity index (χ1v) is 15.0. The van der Waals surface area contributed by atoms with E-state index in [0.717, 1.165) is 67.7 Å². The minimum Gasteiger partial charge on any atom is -0.385 e. The topological polar surface area (TPSA) is 148 Å². The average Bonchev–Trinajstić information content (AvgIpc) is 3.39. The Kier molecular flexibility index (Phi) is 8.40. The number of benzene rings is 1. The number of nitrogens with zero attached hydrogens (tertiary/aromatic N) is 4. The van der Waals surface area contributed by atoms with Crippen molar-refractivity contribution in [3.8, 4) is 5.82 Å². The third kappa shape index (κ3) is 6.65. The quantitative estimate of drug-likeness (QED) is 0.253. The molecule has 14 heteroatoms. The first kappa shape index (κ1) is 27.7. The molecule has 0 aliphatic carbocycles. The minimum absolute atomic E-state index is 0.0449. The molecule has 1 saturated heterocycles. The van der Waals surface area contributed by atoms with Gasteiger partial charge in [-0.05, 0) is 62.4 Å². The van der Waals surface area contributed by atoms with Crippen molar-refractivity contribution in [2.45, 2.75) is 17.6 Å². The normalized spacial score (nSPS) is 14.2. The summed E-state index contributed by atoms with van der Waals surface area (Å²) in [5.41, 5.74) is 1.43. The molecule has 3 N–H and O–H groups in total. The summed E-state index contributed by atoms with van der Waals surface area (Å²) in [6.07, 6.45) is 3.73. The zero-order valence-electron chi connectivity index (χ0n) is 21.8. The van der Waals surface area contributed by atoms with E-state index in [2.05, 4.69) is 25.5 Å². The molecule has 1 aliphatic heterocycles. The van der Waals surface area contributed by atoms with Gasteiger partial charge in [-0.3, -0.25) is 14.3 Å². The second-order valence-corrected chi connectivity index (χ2v) is 12.4. The van der Waals surface area contributed by atoms with Crippen molar-refractivity contribution in [3.05, 3.63) is 70.2 Å². The molecule has 0 spiro atoms. The lowest BCUT2D eigenvalue weighted by molar-refractivity contribution is 0.0378. The number of carbonyl (C=O) groups excluding carboxylic acids is 1. The van der Waals surface area contributed by atoms with E-state index >= 15 is 0 Å². The highest BCUT2D eigenvalue weighted by molar-refractivity contribution is 7.92. The lowest BCUT2D eigenvalue weighted by Crippen LogP contribution is -2.37. The minimum atomic E-state index is -3.98. The standard InChI is InChI=1S/C26H29N7O5S2/c1-18-3-8-24(39-18)40(36,37)31-26(35)30-20-5-7-23(28-16-20)33-17-29-22-15-19(4-6-21(22)25(33)34)27-9-2-10-32-11-13-38-14-12-32/h3-8,15-17,27H,2,9-14H2,1H3,(H2,30,31,35). The fraction of sp³-hybridized carbons (Fsp3) is 0.308. The fourth-order valence-electron chi connectivity index (χ4n) is 4.24. The Hall–Kier alpha value is -3.85. The van der Waals surface area contributed by atoms with E-state index < -0.39 is 16.1 Å². The maximum Gasteiger partial charge on any atom is 0.333 e. The molecule has 40 heavy (non-hydrogen) atoms. The zero-order chi connectivity index (χ0) is 28.1. The number of morpholine rings is 1. The van der Waals surface area contributed by atoms with Crippen LogP contribution in [-0.2, 0) is 14.8 Å². The lowest BCUT2D eigenvalue weighted by Gasteiger charge is -2.26. The molecule has 0 atom stereocenters. The summed E-state index contributed by atoms with van der Waals surface area (Å²) in [7, 11) is -3.98. The number of aromatic nitrogens is 3. The number of nitrogens with one attached hydrogen (secondary N) is 3. The molecule has 2 amide bonds. The number of anilines is 2. The predicted molar refractivity (Wildman–Crippen MR) is 154 cm³/mol. The molecule has 1 fully saturated rings. The van der Waals surface area contributed by atoms with Crippen molar-refractivity contribution < 1.29 is 17.9 Å². The molecular weight excluding hydrogens is 554 g/mol. The number of thiophene rings is 1. The molecule has 3 aromatic heterocycles. The third-order valence-electron chi connectivity index (χ3n) is 6.30. The van der Waals surface area contributed by atoms with Gasteiger partial charge >= 0.3 is 6.03 Å². The Bertz CT molecular complexity index is 1660. The number of carbonyl (C=O) groups is 1. The van der Waals surface area contributed by atoms with Gasteiger partial charge in [0, 0.05) is 30.2 Å². The highest BCUT2D eigenvalue weighted by Crippen LogP contribution is 2.20. The maximum atomic E-state index is 13.1. The molecular formula is C26H29N7O5S2. The second-order valence-electron chi connectivity index (χ2n) is 9.22. The van der Waals surface area contributed by atoms with Crippen LogP contribution < -0.4 is 20.9 Å². The van der Waals surface area contributed by atoms with Crippen LogP contribution in [0.1, 0.15) is 11.3 Å². The van der Waals surface area contributed by atoms with Crippen LogP contribution in [0.5, 0.6) is 0 Å². The van der Waals surface area contributed by atoms with Gasteiger partial charge in [-0.1, -0.05) is 0 Å². The van der Waals surface area contributed by atoms with Crippen LogP contribution in [0.25, 0.3) is 16.7 Å². The number of amides is 2. The summed E-state index contributed by atoms with van der Waals surface area (Å²) in [4.78, 5) is 37.3. The molecule has 4 aromatic rings. The van der Waals surface area contributed by atoms with Crippen LogP contribution in [-0.4, -0.2) is 73.3 Å². The lowest BCUT2D eigenvalue weighted by atomic mass is 10.2. The van der Waals surface area contributed by atoms with Gasteiger partial charge in [0.15, 0.2) is 0 Å². The van der Waals surface area contributed by atoms with Crippen molar-refractivity contribution in [3.63, 3.8) is 0 Å². The third-order valence-corrected chi connectivity index (χ3v) is 9.13. The number of sulfonamides is 1. The van der Waals surface area contributed by atoms with Crippen molar-refractivity contribution in [1.29, 1.82) is 0 Å². The van der Waals surface area contributed by atoms with Crippen LogP contribution in [0.15, 0.2) is 64.0 Å². The van der Waals surface area contributed by atoms with Gasteiger partial charge in [0.25, 0.3) is 15.6 Å². The molecule has 210 valence electrons. The Morgan fingerprint density at radius 3 is 2.60 bits per heavy atom. The number of aryl methyl sites for hydroxylation is 1. The molecule has 0 bridgehead atoms. The van der Waals surface area contributed by atoms with Crippen molar-refractivity contribution in [2.75, 3.05) is 50.0 Å². The molecule has 0 saturated carbocycles. The predicted octanol–water partition coefficient (Wildman–Crippen LogP) is 2.80. The largest absolute Gasteiger partial charge is 0.385 e. The van der Waals surface area contributed by atoms with Gasteiger partial charge in [-0.15, -0.1) is 11.3 Å². The SMILES string of the molecule is Cc1ccc(S(=O)(=O)NC(=O)Nc2ccc(-n3cnc4cc(NCCCN5CCOCC5)ccc4c3=O)nc2)s1. The highest BCUT2D eigenvalue weighted by atomic mass is 32.2. The maximum absolute atomic E-state index is 13.1. The first-order valence-electron chi connectivity index (χ1n) is 12.7. The second kappa shape index (κ2) is 12.1. The summed E-state index contributed by atoms with van der Waals surface area (Å²) in [5, 5.41) is 6.27. The average molecular weight is 584 g/mol.